The number of nitrogens with one attached hydrogen (secondary N) is 1. The molecule has 0 unspecified atom stereocenters. The molecule has 0 aromatic carbocycles. The van der Waals surface area contributed by atoms with Crippen LogP contribution in [0.4, 0.5) is 5.82 Å². The van der Waals surface area contributed by atoms with E-state index in [0.717, 1.165) is 17.1 Å². The maximum atomic E-state index is 11.7. The molecule has 88 valence electrons. The molecule has 0 saturated heterocycles. The molecule has 0 aliphatic rings. The molecule has 1 N–H and O–H groups in total. The number of aryl methyl sites for hydroxylation is 1. The van der Waals surface area contributed by atoms with Crippen LogP contribution in [-0.2, 0) is 6.54 Å². The third-order valence-corrected chi connectivity index (χ3v) is 2.45. The summed E-state index contributed by atoms with van der Waals surface area (Å²) in [5.41, 5.74) is 1.65. The lowest BCUT2D eigenvalue weighted by atomic mass is 10.3. The second-order valence-electron chi connectivity index (χ2n) is 3.80. The summed E-state index contributed by atoms with van der Waals surface area (Å²) in [6.45, 7) is 2.29. The van der Waals surface area contributed by atoms with Crippen LogP contribution in [0.2, 0.25) is 0 Å². The van der Waals surface area contributed by atoms with Gasteiger partial charge in [-0.25, -0.2) is 9.97 Å². The molecule has 2 heterocycles. The maximum Gasteiger partial charge on any atom is 0.253 e. The van der Waals surface area contributed by atoms with E-state index in [0.29, 0.717) is 6.54 Å². The van der Waals surface area contributed by atoms with Crippen molar-refractivity contribution in [3.05, 3.63) is 52.3 Å². The fraction of sp³-hybridized carbons (Fsp3) is 0.250. The molecule has 0 saturated carbocycles. The van der Waals surface area contributed by atoms with Crippen LogP contribution in [0.1, 0.15) is 11.3 Å². The Kier molecular flexibility index (Phi) is 3.18. The molecule has 0 radical (unpaired) electrons. The van der Waals surface area contributed by atoms with Crippen LogP contribution < -0.4 is 10.9 Å². The first kappa shape index (κ1) is 11.3. The first-order valence-corrected chi connectivity index (χ1v) is 5.35. The Morgan fingerprint density at radius 3 is 2.76 bits per heavy atom. The summed E-state index contributed by atoms with van der Waals surface area (Å²) in [6, 6.07) is 5.34. The molecule has 0 aliphatic carbocycles. The lowest BCUT2D eigenvalue weighted by Gasteiger charge is -2.06. The number of nitrogens with zero attached hydrogens (tertiary/aromatic N) is 3. The number of hydrogen-bond acceptors (Lipinski definition) is 4. The molecular weight excluding hydrogens is 216 g/mol. The van der Waals surface area contributed by atoms with Crippen molar-refractivity contribution in [3.8, 4) is 0 Å². The van der Waals surface area contributed by atoms with Gasteiger partial charge in [0.2, 0.25) is 0 Å². The van der Waals surface area contributed by atoms with Gasteiger partial charge in [0.05, 0.1) is 12.9 Å². The van der Waals surface area contributed by atoms with Crippen LogP contribution in [0, 0.1) is 6.92 Å². The summed E-state index contributed by atoms with van der Waals surface area (Å²) in [4.78, 5) is 20.0. The minimum absolute atomic E-state index is 0.0461. The lowest BCUT2D eigenvalue weighted by Crippen LogP contribution is -2.20. The van der Waals surface area contributed by atoms with Crippen molar-refractivity contribution in [3.63, 3.8) is 0 Å². The molecule has 0 amide bonds. The Morgan fingerprint density at radius 2 is 2.18 bits per heavy atom. The van der Waals surface area contributed by atoms with Crippen LogP contribution in [-0.4, -0.2) is 21.6 Å². The zero-order valence-corrected chi connectivity index (χ0v) is 9.84. The number of aromatic nitrogens is 3. The van der Waals surface area contributed by atoms with Crippen molar-refractivity contribution in [2.75, 3.05) is 12.4 Å². The highest BCUT2D eigenvalue weighted by Gasteiger charge is 1.99. The van der Waals surface area contributed by atoms with E-state index in [1.807, 2.05) is 19.2 Å². The number of pyridine rings is 1. The van der Waals surface area contributed by atoms with Gasteiger partial charge in [0.25, 0.3) is 5.56 Å². The highest BCUT2D eigenvalue weighted by molar-refractivity contribution is 5.34. The van der Waals surface area contributed by atoms with Crippen molar-refractivity contribution >= 4 is 5.82 Å². The van der Waals surface area contributed by atoms with Crippen molar-refractivity contribution in [2.24, 2.45) is 0 Å². The van der Waals surface area contributed by atoms with Gasteiger partial charge in [-0.1, -0.05) is 6.07 Å². The largest absolute Gasteiger partial charge is 0.373 e. The predicted molar refractivity (Wildman–Crippen MR) is 66.1 cm³/mol. The van der Waals surface area contributed by atoms with Gasteiger partial charge in [-0.3, -0.25) is 9.36 Å². The SMILES string of the molecule is CNc1ccc(Cn2cnc(C)cc2=O)cn1. The first-order chi connectivity index (χ1) is 8.19. The van der Waals surface area contributed by atoms with Gasteiger partial charge in [-0.05, 0) is 18.6 Å². The zero-order chi connectivity index (χ0) is 12.3. The molecule has 17 heavy (non-hydrogen) atoms. The van der Waals surface area contributed by atoms with E-state index < -0.39 is 0 Å². The Balaban J connectivity index is 2.22. The monoisotopic (exact) mass is 230 g/mol. The second kappa shape index (κ2) is 4.78. The van der Waals surface area contributed by atoms with Gasteiger partial charge in [-0.15, -0.1) is 0 Å². The summed E-state index contributed by atoms with van der Waals surface area (Å²) < 4.78 is 1.56. The molecule has 0 atom stereocenters. The molecule has 0 bridgehead atoms. The maximum absolute atomic E-state index is 11.7. The highest BCUT2D eigenvalue weighted by Crippen LogP contribution is 2.04. The normalized spacial score (nSPS) is 10.2. The number of anilines is 1. The predicted octanol–water partition coefficient (Wildman–Crippen LogP) is 1.04. The van der Waals surface area contributed by atoms with Crippen LogP contribution in [0.15, 0.2) is 35.5 Å². The zero-order valence-electron chi connectivity index (χ0n) is 9.84. The Bertz CT molecular complexity index is 559. The van der Waals surface area contributed by atoms with Gasteiger partial charge in [0.15, 0.2) is 0 Å². The summed E-state index contributed by atoms with van der Waals surface area (Å²) in [5, 5.41) is 2.94. The lowest BCUT2D eigenvalue weighted by molar-refractivity contribution is 0.728. The Labute approximate surface area is 99.2 Å². The minimum atomic E-state index is -0.0461. The first-order valence-electron chi connectivity index (χ1n) is 5.35. The third-order valence-electron chi connectivity index (χ3n) is 2.45. The van der Waals surface area contributed by atoms with Gasteiger partial charge in [0.1, 0.15) is 5.82 Å². The minimum Gasteiger partial charge on any atom is -0.373 e. The molecule has 2 aromatic heterocycles. The van der Waals surface area contributed by atoms with Gasteiger partial charge in [0, 0.05) is 25.0 Å². The van der Waals surface area contributed by atoms with E-state index in [1.165, 1.54) is 6.07 Å². The fourth-order valence-electron chi connectivity index (χ4n) is 1.50. The van der Waals surface area contributed by atoms with Crippen LogP contribution in [0.3, 0.4) is 0 Å². The molecule has 5 nitrogen and oxygen atoms in total. The molecule has 0 fully saturated rings. The highest BCUT2D eigenvalue weighted by atomic mass is 16.1. The van der Waals surface area contributed by atoms with Crippen LogP contribution in [0.25, 0.3) is 0 Å². The third kappa shape index (κ3) is 2.69. The average Bonchev–Trinajstić information content (AvgIpc) is 2.34. The Morgan fingerprint density at radius 1 is 1.35 bits per heavy atom. The number of hydrogen-bond donors (Lipinski definition) is 1. The van der Waals surface area contributed by atoms with Crippen LogP contribution in [0.5, 0.6) is 0 Å². The van der Waals surface area contributed by atoms with E-state index >= 15 is 0 Å². The van der Waals surface area contributed by atoms with Crippen molar-refractivity contribution in [2.45, 2.75) is 13.5 Å². The van der Waals surface area contributed by atoms with E-state index in [-0.39, 0.29) is 5.56 Å². The van der Waals surface area contributed by atoms with Gasteiger partial charge in [-0.2, -0.15) is 0 Å². The summed E-state index contributed by atoms with van der Waals surface area (Å²) in [5.74, 6) is 0.808. The molecule has 5 heteroatoms. The van der Waals surface area contributed by atoms with E-state index in [1.54, 1.807) is 24.0 Å². The van der Waals surface area contributed by atoms with E-state index in [4.69, 9.17) is 0 Å². The summed E-state index contributed by atoms with van der Waals surface area (Å²) in [6.07, 6.45) is 3.31. The summed E-state index contributed by atoms with van der Waals surface area (Å²) in [7, 11) is 1.82. The average molecular weight is 230 g/mol. The van der Waals surface area contributed by atoms with Gasteiger partial charge >= 0.3 is 0 Å². The van der Waals surface area contributed by atoms with E-state index in [2.05, 4.69) is 15.3 Å². The fourth-order valence-corrected chi connectivity index (χ4v) is 1.50. The Hall–Kier alpha value is -2.17. The molecular formula is C12H14N4O. The van der Waals surface area contributed by atoms with Crippen molar-refractivity contribution < 1.29 is 0 Å². The summed E-state index contributed by atoms with van der Waals surface area (Å²) >= 11 is 0. The van der Waals surface area contributed by atoms with E-state index in [9.17, 15) is 4.79 Å². The topological polar surface area (TPSA) is 59.8 Å². The smallest absolute Gasteiger partial charge is 0.253 e. The van der Waals surface area contributed by atoms with Crippen molar-refractivity contribution in [1.82, 2.24) is 14.5 Å². The standard InChI is InChI=1S/C12H14N4O/c1-9-5-12(17)16(8-15-9)7-10-3-4-11(13-2)14-6-10/h3-6,8H,7H2,1-2H3,(H,13,14). The number of rotatable bonds is 3. The van der Waals surface area contributed by atoms with Gasteiger partial charge < -0.3 is 5.32 Å². The molecule has 0 aliphatic heterocycles. The quantitative estimate of drug-likeness (QED) is 0.855. The molecule has 0 spiro atoms. The van der Waals surface area contributed by atoms with Crippen LogP contribution >= 0.6 is 0 Å². The second-order valence-corrected chi connectivity index (χ2v) is 3.80. The molecule has 2 aromatic rings. The van der Waals surface area contributed by atoms with Crippen molar-refractivity contribution in [1.29, 1.82) is 0 Å². The molecule has 2 rings (SSSR count).